The SMILES string of the molecule is CC(CNS(=O)(=O)c1ccc2oc(=O)ccc2c1)Cn1ccnc1. The molecule has 0 spiro atoms. The molecule has 0 aliphatic carbocycles. The summed E-state index contributed by atoms with van der Waals surface area (Å²) >= 11 is 0. The van der Waals surface area contributed by atoms with Gasteiger partial charge in [-0.1, -0.05) is 6.92 Å². The van der Waals surface area contributed by atoms with Crippen molar-refractivity contribution in [2.45, 2.75) is 18.4 Å². The van der Waals surface area contributed by atoms with Gasteiger partial charge in [0.2, 0.25) is 10.0 Å². The van der Waals surface area contributed by atoms with Crippen LogP contribution < -0.4 is 10.3 Å². The van der Waals surface area contributed by atoms with Crippen molar-refractivity contribution in [1.29, 1.82) is 0 Å². The van der Waals surface area contributed by atoms with E-state index in [1.165, 1.54) is 24.3 Å². The Morgan fingerprint density at radius 1 is 1.29 bits per heavy atom. The number of hydrogen-bond donors (Lipinski definition) is 1. The summed E-state index contributed by atoms with van der Waals surface area (Å²) in [6, 6.07) is 7.21. The van der Waals surface area contributed by atoms with Crippen LogP contribution in [-0.2, 0) is 16.6 Å². The lowest BCUT2D eigenvalue weighted by molar-refractivity contribution is 0.470. The van der Waals surface area contributed by atoms with Gasteiger partial charge in [0.05, 0.1) is 11.2 Å². The molecule has 126 valence electrons. The first kappa shape index (κ1) is 16.4. The van der Waals surface area contributed by atoms with Gasteiger partial charge in [-0.3, -0.25) is 0 Å². The van der Waals surface area contributed by atoms with Crippen LogP contribution in [0.5, 0.6) is 0 Å². The molecule has 0 fully saturated rings. The van der Waals surface area contributed by atoms with Gasteiger partial charge in [-0.2, -0.15) is 0 Å². The van der Waals surface area contributed by atoms with E-state index in [1.807, 2.05) is 17.7 Å². The van der Waals surface area contributed by atoms with Gasteiger partial charge in [-0.15, -0.1) is 0 Å². The summed E-state index contributed by atoms with van der Waals surface area (Å²) in [6.07, 6.45) is 5.22. The highest BCUT2D eigenvalue weighted by molar-refractivity contribution is 7.89. The minimum Gasteiger partial charge on any atom is -0.423 e. The summed E-state index contributed by atoms with van der Waals surface area (Å²) in [7, 11) is -3.63. The van der Waals surface area contributed by atoms with E-state index < -0.39 is 15.6 Å². The Kier molecular flexibility index (Phi) is 4.50. The lowest BCUT2D eigenvalue weighted by Crippen LogP contribution is -2.30. The molecule has 8 heteroatoms. The normalized spacial score (nSPS) is 13.2. The molecule has 0 bridgehead atoms. The van der Waals surface area contributed by atoms with Crippen LogP contribution in [0.1, 0.15) is 6.92 Å². The van der Waals surface area contributed by atoms with Gasteiger partial charge in [0.15, 0.2) is 0 Å². The maximum Gasteiger partial charge on any atom is 0.336 e. The Balaban J connectivity index is 1.72. The highest BCUT2D eigenvalue weighted by Gasteiger charge is 2.16. The second-order valence-corrected chi connectivity index (χ2v) is 7.44. The molecule has 1 unspecified atom stereocenters. The number of nitrogens with zero attached hydrogens (tertiary/aromatic N) is 2. The summed E-state index contributed by atoms with van der Waals surface area (Å²) in [5, 5.41) is 0.559. The second-order valence-electron chi connectivity index (χ2n) is 5.67. The van der Waals surface area contributed by atoms with Crippen molar-refractivity contribution < 1.29 is 12.8 Å². The number of hydrogen-bond acceptors (Lipinski definition) is 5. The van der Waals surface area contributed by atoms with E-state index in [9.17, 15) is 13.2 Å². The average molecular weight is 347 g/mol. The van der Waals surface area contributed by atoms with Crippen LogP contribution in [0.4, 0.5) is 0 Å². The number of aromatic nitrogens is 2. The largest absolute Gasteiger partial charge is 0.423 e. The Morgan fingerprint density at radius 2 is 2.12 bits per heavy atom. The summed E-state index contributed by atoms with van der Waals surface area (Å²) in [5.74, 6) is 0.104. The van der Waals surface area contributed by atoms with E-state index in [4.69, 9.17) is 4.42 Å². The van der Waals surface area contributed by atoms with E-state index >= 15 is 0 Å². The number of imidazole rings is 1. The fraction of sp³-hybridized carbons (Fsp3) is 0.250. The van der Waals surface area contributed by atoms with Crippen molar-refractivity contribution >= 4 is 21.0 Å². The first-order chi connectivity index (χ1) is 11.4. The zero-order valence-electron chi connectivity index (χ0n) is 13.0. The maximum atomic E-state index is 12.4. The highest BCUT2D eigenvalue weighted by Crippen LogP contribution is 2.17. The Hall–Kier alpha value is -2.45. The molecule has 2 heterocycles. The molecule has 2 aromatic heterocycles. The molecule has 0 aliphatic rings. The number of nitrogens with one attached hydrogen (secondary N) is 1. The third kappa shape index (κ3) is 3.72. The number of benzene rings is 1. The van der Waals surface area contributed by atoms with Crippen molar-refractivity contribution in [2.75, 3.05) is 6.54 Å². The monoisotopic (exact) mass is 347 g/mol. The van der Waals surface area contributed by atoms with Gasteiger partial charge in [0, 0.05) is 36.9 Å². The highest BCUT2D eigenvalue weighted by atomic mass is 32.2. The Labute approximate surface area is 139 Å². The molecule has 0 radical (unpaired) electrons. The second kappa shape index (κ2) is 6.58. The molecule has 1 N–H and O–H groups in total. The van der Waals surface area contributed by atoms with Crippen molar-refractivity contribution in [1.82, 2.24) is 14.3 Å². The third-order valence-electron chi connectivity index (χ3n) is 3.60. The zero-order chi connectivity index (χ0) is 17.2. The van der Waals surface area contributed by atoms with E-state index in [-0.39, 0.29) is 10.8 Å². The molecule has 0 amide bonds. The van der Waals surface area contributed by atoms with Crippen LogP contribution in [0.15, 0.2) is 63.2 Å². The fourth-order valence-electron chi connectivity index (χ4n) is 2.37. The molecule has 0 saturated carbocycles. The van der Waals surface area contributed by atoms with Gasteiger partial charge < -0.3 is 8.98 Å². The van der Waals surface area contributed by atoms with Crippen LogP contribution >= 0.6 is 0 Å². The van der Waals surface area contributed by atoms with Crippen LogP contribution in [0, 0.1) is 5.92 Å². The van der Waals surface area contributed by atoms with Crippen LogP contribution in [-0.4, -0.2) is 24.5 Å². The molecule has 0 aliphatic heterocycles. The van der Waals surface area contributed by atoms with Crippen molar-refractivity contribution in [3.63, 3.8) is 0 Å². The van der Waals surface area contributed by atoms with Crippen molar-refractivity contribution in [3.05, 3.63) is 59.5 Å². The molecule has 0 saturated heterocycles. The van der Waals surface area contributed by atoms with E-state index in [0.29, 0.717) is 24.1 Å². The van der Waals surface area contributed by atoms with Gasteiger partial charge in [-0.25, -0.2) is 22.9 Å². The minimum absolute atomic E-state index is 0.104. The van der Waals surface area contributed by atoms with E-state index in [2.05, 4.69) is 9.71 Å². The smallest absolute Gasteiger partial charge is 0.336 e. The van der Waals surface area contributed by atoms with Crippen LogP contribution in [0.3, 0.4) is 0 Å². The predicted octanol–water partition coefficient (Wildman–Crippen LogP) is 1.60. The first-order valence-electron chi connectivity index (χ1n) is 7.43. The van der Waals surface area contributed by atoms with Gasteiger partial charge in [0.25, 0.3) is 0 Å². The molecule has 3 rings (SSSR count). The maximum absolute atomic E-state index is 12.4. The van der Waals surface area contributed by atoms with Crippen molar-refractivity contribution in [2.24, 2.45) is 5.92 Å². The molecule has 24 heavy (non-hydrogen) atoms. The standard InChI is InChI=1S/C16H17N3O4S/c1-12(10-19-7-6-17-11-19)9-18-24(21,22)14-3-4-15-13(8-14)2-5-16(20)23-15/h2-8,11-12,18H,9-10H2,1H3. The van der Waals surface area contributed by atoms with Crippen molar-refractivity contribution in [3.8, 4) is 0 Å². The quantitative estimate of drug-likeness (QED) is 0.684. The summed E-state index contributed by atoms with van der Waals surface area (Å²) in [4.78, 5) is 15.3. The summed E-state index contributed by atoms with van der Waals surface area (Å²) in [6.45, 7) is 2.94. The minimum atomic E-state index is -3.63. The van der Waals surface area contributed by atoms with E-state index in [1.54, 1.807) is 18.6 Å². The number of rotatable bonds is 6. The third-order valence-corrected chi connectivity index (χ3v) is 5.03. The van der Waals surface area contributed by atoms with Gasteiger partial charge in [0.1, 0.15) is 5.58 Å². The first-order valence-corrected chi connectivity index (χ1v) is 8.92. The molecular formula is C16H17N3O4S. The zero-order valence-corrected chi connectivity index (χ0v) is 13.9. The Morgan fingerprint density at radius 3 is 2.88 bits per heavy atom. The topological polar surface area (TPSA) is 94.2 Å². The molecule has 1 aromatic carbocycles. The number of fused-ring (bicyclic) bond motifs is 1. The number of sulfonamides is 1. The van der Waals surface area contributed by atoms with Gasteiger partial charge >= 0.3 is 5.63 Å². The molecule has 1 atom stereocenters. The molecule has 3 aromatic rings. The predicted molar refractivity (Wildman–Crippen MR) is 89.1 cm³/mol. The lowest BCUT2D eigenvalue weighted by Gasteiger charge is -2.13. The fourth-order valence-corrected chi connectivity index (χ4v) is 3.57. The van der Waals surface area contributed by atoms with Gasteiger partial charge in [-0.05, 0) is 30.2 Å². The van der Waals surface area contributed by atoms with Crippen LogP contribution in [0.2, 0.25) is 0 Å². The van der Waals surface area contributed by atoms with E-state index in [0.717, 1.165) is 0 Å². The average Bonchev–Trinajstić information content (AvgIpc) is 3.05. The lowest BCUT2D eigenvalue weighted by atomic mass is 10.2. The molecular weight excluding hydrogens is 330 g/mol. The molecule has 7 nitrogen and oxygen atoms in total. The summed E-state index contributed by atoms with van der Waals surface area (Å²) < 4.78 is 34.4. The summed E-state index contributed by atoms with van der Waals surface area (Å²) in [5.41, 5.74) is -0.112. The Bertz CT molecular complexity index is 994. The van der Waals surface area contributed by atoms with Crippen LogP contribution in [0.25, 0.3) is 11.0 Å².